The average molecular weight is 864 g/mol. The molecule has 0 N–H and O–H groups in total. The van der Waals surface area contributed by atoms with Crippen LogP contribution in [0.15, 0.2) is 0 Å². The molecule has 4 heterocycles. The maximum Gasteiger partial charge on any atom is 2.00 e. The molecule has 4 aliphatic rings. The molecule has 4 atom stereocenters. The minimum absolute atomic E-state index is 0. The number of ether oxygens (including phenoxy) is 8. The number of amides is 4. The number of nitriles is 2. The van der Waals surface area contributed by atoms with Gasteiger partial charge >= 0.3 is 39.0 Å². The monoisotopic (exact) mass is 864 g/mol. The van der Waals surface area contributed by atoms with Gasteiger partial charge < -0.3 is 59.2 Å². The summed E-state index contributed by atoms with van der Waals surface area (Å²) in [5.41, 5.74) is 0. The van der Waals surface area contributed by atoms with E-state index in [9.17, 15) is 38.4 Å². The molecule has 4 rings (SSSR count). The summed E-state index contributed by atoms with van der Waals surface area (Å²) in [5, 5.41) is 27.9. The van der Waals surface area contributed by atoms with E-state index < -0.39 is 72.4 Å². The predicted octanol–water partition coefficient (Wildman–Crippen LogP) is 1.26. The SMILES string of the molecule is CC#N.CC#N.COC(=O)[C@H]1COC(=O)[N-]1.COC(=O)[C@H]1COC(=O)[N-]1.COC(=O)[C@H]1COC(=O)[N-]1.COC(=O)[C@H]1COC(=O)[N-]1.[Rh+2].[Rh+2]. The van der Waals surface area contributed by atoms with Crippen molar-refractivity contribution in [2.45, 2.75) is 38.0 Å². The Hall–Kier alpha value is -4.81. The maximum absolute atomic E-state index is 10.6. The number of methoxy groups -OCH3 is 4. The van der Waals surface area contributed by atoms with Gasteiger partial charge in [0.2, 0.25) is 24.4 Å². The van der Waals surface area contributed by atoms with Crippen molar-refractivity contribution >= 4 is 48.3 Å². The molecule has 0 bridgehead atoms. The zero-order chi connectivity index (χ0) is 35.7. The van der Waals surface area contributed by atoms with Gasteiger partial charge in [-0.2, -0.15) is 10.5 Å². The van der Waals surface area contributed by atoms with Crippen LogP contribution in [0.4, 0.5) is 19.2 Å². The second-order valence-corrected chi connectivity index (χ2v) is 7.43. The summed E-state index contributed by atoms with van der Waals surface area (Å²) >= 11 is 0. The summed E-state index contributed by atoms with van der Waals surface area (Å²) in [4.78, 5) is 83.6. The second-order valence-electron chi connectivity index (χ2n) is 7.43. The smallest absolute Gasteiger partial charge is 0.603 e. The second kappa shape index (κ2) is 29.6. The van der Waals surface area contributed by atoms with Crippen LogP contribution >= 0.6 is 0 Å². The third-order valence-corrected chi connectivity index (χ3v) is 4.40. The van der Waals surface area contributed by atoms with Gasteiger partial charge in [-0.1, -0.05) is 0 Å². The van der Waals surface area contributed by atoms with Crippen LogP contribution in [0.25, 0.3) is 21.3 Å². The van der Waals surface area contributed by atoms with Gasteiger partial charge in [0.15, 0.2) is 0 Å². The first-order valence-corrected chi connectivity index (χ1v) is 12.2. The minimum Gasteiger partial charge on any atom is -0.603 e. The van der Waals surface area contributed by atoms with E-state index >= 15 is 0 Å². The van der Waals surface area contributed by atoms with Crippen molar-refractivity contribution < 1.29 is 115 Å². The molecule has 24 heteroatoms. The first-order chi connectivity index (χ1) is 21.8. The number of nitrogens with zero attached hydrogens (tertiary/aromatic N) is 6. The van der Waals surface area contributed by atoms with Gasteiger partial charge in [0.1, 0.15) is 0 Å². The van der Waals surface area contributed by atoms with E-state index in [0.29, 0.717) is 0 Å². The fourth-order valence-electron chi connectivity index (χ4n) is 2.44. The minimum atomic E-state index is -0.752. The largest absolute Gasteiger partial charge is 2.00 e. The molecule has 0 aromatic heterocycles. The third-order valence-electron chi connectivity index (χ3n) is 4.40. The molecule has 4 fully saturated rings. The normalized spacial score (nSPS) is 19.8. The van der Waals surface area contributed by atoms with E-state index in [4.69, 9.17) is 10.5 Å². The van der Waals surface area contributed by atoms with Crippen molar-refractivity contribution in [2.24, 2.45) is 0 Å². The Morgan fingerprint density at radius 3 is 0.750 bits per heavy atom. The van der Waals surface area contributed by atoms with Crippen LogP contribution in [0, 0.1) is 22.7 Å². The van der Waals surface area contributed by atoms with Gasteiger partial charge in [-0.3, -0.25) is 38.4 Å². The van der Waals surface area contributed by atoms with Gasteiger partial charge in [0.05, 0.1) is 67.0 Å². The topological polar surface area (TPSA) is 314 Å². The molecule has 4 amide bonds. The average Bonchev–Trinajstić information content (AvgIpc) is 3.86. The number of carbonyl (C=O) groups is 8. The van der Waals surface area contributed by atoms with Crippen LogP contribution in [0.5, 0.6) is 0 Å². The van der Waals surface area contributed by atoms with Crippen LogP contribution in [0.2, 0.25) is 0 Å². The summed E-state index contributed by atoms with van der Waals surface area (Å²) < 4.78 is 34.8. The van der Waals surface area contributed by atoms with E-state index in [0.717, 1.165) is 0 Å². The van der Waals surface area contributed by atoms with Crippen molar-refractivity contribution in [1.82, 2.24) is 0 Å². The quantitative estimate of drug-likeness (QED) is 0.218. The molecular weight excluding hydrogens is 834 g/mol. The van der Waals surface area contributed by atoms with Crippen LogP contribution < -0.4 is 0 Å². The van der Waals surface area contributed by atoms with Crippen molar-refractivity contribution in [3.8, 4) is 12.1 Å². The van der Waals surface area contributed by atoms with Crippen LogP contribution in [0.1, 0.15) is 13.8 Å². The van der Waals surface area contributed by atoms with Gasteiger partial charge in [-0.25, -0.2) is 0 Å². The Labute approximate surface area is 299 Å². The Bertz CT molecular complexity index is 998. The molecule has 0 spiro atoms. The zero-order valence-electron chi connectivity index (χ0n) is 26.0. The van der Waals surface area contributed by atoms with Crippen molar-refractivity contribution in [3.05, 3.63) is 21.3 Å². The van der Waals surface area contributed by atoms with Crippen molar-refractivity contribution in [2.75, 3.05) is 54.9 Å². The Morgan fingerprint density at radius 1 is 0.521 bits per heavy atom. The van der Waals surface area contributed by atoms with E-state index in [1.165, 1.54) is 42.3 Å². The molecule has 0 unspecified atom stereocenters. The zero-order valence-corrected chi connectivity index (χ0v) is 29.3. The van der Waals surface area contributed by atoms with E-state index in [2.05, 4.69) is 59.2 Å². The maximum atomic E-state index is 10.6. The Morgan fingerprint density at radius 2 is 0.667 bits per heavy atom. The molecule has 2 radical (unpaired) electrons. The van der Waals surface area contributed by atoms with Crippen molar-refractivity contribution in [3.63, 3.8) is 0 Å². The summed E-state index contributed by atoms with van der Waals surface area (Å²) in [7, 11) is 4.95. The molecule has 4 aliphatic heterocycles. The van der Waals surface area contributed by atoms with E-state index in [-0.39, 0.29) is 65.4 Å². The summed E-state index contributed by atoms with van der Waals surface area (Å²) in [5.74, 6) is -2.14. The predicted molar refractivity (Wildman–Crippen MR) is 145 cm³/mol. The standard InChI is InChI=1S/4C5H7NO4.2C2H3N.2Rh/c4*1-9-4(7)3-2-10-5(8)6-3;2*1-2-3;;/h4*3H,2H2,1H3,(H,6,8);2*1H3;;/q;;;;;;2*+2/p-4/t4*3-;;;;/m1111..../s1. The fraction of sp³-hybridized carbons (Fsp3) is 0.583. The van der Waals surface area contributed by atoms with Crippen LogP contribution in [-0.2, 0) is 96.0 Å². The number of hydrogen-bond acceptors (Lipinski definition) is 18. The van der Waals surface area contributed by atoms with E-state index in [1.54, 1.807) is 12.1 Å². The first-order valence-electron chi connectivity index (χ1n) is 12.2. The van der Waals surface area contributed by atoms with E-state index in [1.807, 2.05) is 0 Å². The molecule has 4 saturated heterocycles. The Balaban J connectivity index is -0.000000251. The number of esters is 4. The van der Waals surface area contributed by atoms with Gasteiger partial charge in [-0.05, 0) is 0 Å². The first kappa shape index (κ1) is 50.1. The summed E-state index contributed by atoms with van der Waals surface area (Å²) in [6.07, 6.45) is -2.79. The molecule has 48 heavy (non-hydrogen) atoms. The molecular formula is C24H30N6O16Rh2. The number of carbonyl (C=O) groups excluding carboxylic acids is 8. The summed E-state index contributed by atoms with van der Waals surface area (Å²) in [6, 6.07) is 0.491. The van der Waals surface area contributed by atoms with Gasteiger partial charge in [0, 0.05) is 38.0 Å². The molecule has 270 valence electrons. The van der Waals surface area contributed by atoms with Gasteiger partial charge in [0.25, 0.3) is 23.9 Å². The third kappa shape index (κ3) is 21.8. The molecule has 22 nitrogen and oxygen atoms in total. The van der Waals surface area contributed by atoms with Crippen LogP contribution in [-0.4, -0.2) is 127 Å². The summed E-state index contributed by atoms with van der Waals surface area (Å²) in [6.45, 7) is 2.88. The molecule has 0 aromatic rings. The van der Waals surface area contributed by atoms with Gasteiger partial charge in [-0.15, -0.1) is 0 Å². The Kier molecular flexibility index (Phi) is 30.8. The molecule has 0 saturated carbocycles. The number of cyclic esters (lactones) is 4. The number of hydrogen-bond donors (Lipinski definition) is 0. The van der Waals surface area contributed by atoms with Crippen molar-refractivity contribution in [1.29, 1.82) is 10.5 Å². The molecule has 0 aromatic carbocycles. The number of rotatable bonds is 4. The molecule has 0 aliphatic carbocycles. The fourth-order valence-corrected chi connectivity index (χ4v) is 2.44. The van der Waals surface area contributed by atoms with Crippen LogP contribution in [0.3, 0.4) is 0 Å².